The summed E-state index contributed by atoms with van der Waals surface area (Å²) < 4.78 is 1.88. The summed E-state index contributed by atoms with van der Waals surface area (Å²) in [7, 11) is 0. The van der Waals surface area contributed by atoms with Gasteiger partial charge in [-0.3, -0.25) is 4.79 Å². The Kier molecular flexibility index (Phi) is 4.97. The Bertz CT molecular complexity index is 1030. The highest BCUT2D eigenvalue weighted by Gasteiger charge is 2.26. The summed E-state index contributed by atoms with van der Waals surface area (Å²) in [5.74, 6) is -0.00605. The Labute approximate surface area is 168 Å². The molecule has 0 atom stereocenters. The number of aromatic nitrogens is 3. The van der Waals surface area contributed by atoms with Crippen LogP contribution in [-0.4, -0.2) is 49.9 Å². The molecule has 4 heterocycles. The molecule has 1 fully saturated rings. The highest BCUT2D eigenvalue weighted by Crippen LogP contribution is 2.33. The van der Waals surface area contributed by atoms with Gasteiger partial charge in [-0.05, 0) is 52.7 Å². The second kappa shape index (κ2) is 7.29. The molecule has 6 nitrogen and oxygen atoms in total. The van der Waals surface area contributed by atoms with Gasteiger partial charge in [0.25, 0.3) is 5.91 Å². The van der Waals surface area contributed by atoms with Gasteiger partial charge in [0, 0.05) is 34.4 Å². The Hall–Kier alpha value is -2.25. The summed E-state index contributed by atoms with van der Waals surface area (Å²) in [5, 5.41) is 15.1. The van der Waals surface area contributed by atoms with E-state index in [1.54, 1.807) is 17.5 Å². The van der Waals surface area contributed by atoms with E-state index in [1.807, 2.05) is 15.6 Å². The van der Waals surface area contributed by atoms with Crippen LogP contribution in [0.5, 0.6) is 0 Å². The first-order valence-corrected chi connectivity index (χ1v) is 10.6. The number of hydrogen-bond donors (Lipinski definition) is 1. The highest BCUT2D eigenvalue weighted by atomic mass is 32.1. The zero-order chi connectivity index (χ0) is 20.0. The molecule has 28 heavy (non-hydrogen) atoms. The van der Waals surface area contributed by atoms with Crippen molar-refractivity contribution in [2.24, 2.45) is 0 Å². The fourth-order valence-corrected chi connectivity index (χ4v) is 4.77. The quantitative estimate of drug-likeness (QED) is 0.725. The molecule has 0 unspecified atom stereocenters. The number of pyridine rings is 1. The maximum absolute atomic E-state index is 13.4. The van der Waals surface area contributed by atoms with E-state index in [9.17, 15) is 9.90 Å². The third-order valence-corrected chi connectivity index (χ3v) is 6.32. The van der Waals surface area contributed by atoms with Gasteiger partial charge in [-0.1, -0.05) is 0 Å². The minimum Gasteiger partial charge on any atom is -0.393 e. The van der Waals surface area contributed by atoms with Crippen LogP contribution in [0.2, 0.25) is 0 Å². The van der Waals surface area contributed by atoms with E-state index in [0.717, 1.165) is 22.3 Å². The van der Waals surface area contributed by atoms with E-state index < -0.39 is 0 Å². The molecule has 1 saturated heterocycles. The van der Waals surface area contributed by atoms with Gasteiger partial charge in [0.15, 0.2) is 5.65 Å². The highest BCUT2D eigenvalue weighted by molar-refractivity contribution is 7.12. The zero-order valence-electron chi connectivity index (χ0n) is 16.8. The molecule has 0 bridgehead atoms. The maximum Gasteiger partial charge on any atom is 0.254 e. The van der Waals surface area contributed by atoms with Crippen molar-refractivity contribution in [1.29, 1.82) is 0 Å². The SMILES string of the molecule is Cc1cc(-c2cc(C(=O)N3CCC(O)CC3)c3cnn(C(C)C)c3n2)c(C)s1. The predicted molar refractivity (Wildman–Crippen MR) is 112 cm³/mol. The Morgan fingerprint density at radius 2 is 1.96 bits per heavy atom. The van der Waals surface area contributed by atoms with Crippen molar-refractivity contribution in [3.63, 3.8) is 0 Å². The van der Waals surface area contributed by atoms with Crippen LogP contribution in [0.4, 0.5) is 0 Å². The topological polar surface area (TPSA) is 71.2 Å². The Morgan fingerprint density at radius 3 is 2.57 bits per heavy atom. The van der Waals surface area contributed by atoms with E-state index in [4.69, 9.17) is 4.98 Å². The number of amides is 1. The third-order valence-electron chi connectivity index (χ3n) is 5.35. The van der Waals surface area contributed by atoms with E-state index in [-0.39, 0.29) is 18.1 Å². The molecule has 0 saturated carbocycles. The molecular weight excluding hydrogens is 372 g/mol. The number of carbonyl (C=O) groups is 1. The average Bonchev–Trinajstić information content (AvgIpc) is 3.23. The number of likely N-dealkylation sites (tertiary alicyclic amines) is 1. The summed E-state index contributed by atoms with van der Waals surface area (Å²) in [6.45, 7) is 9.46. The van der Waals surface area contributed by atoms with Gasteiger partial charge in [-0.2, -0.15) is 5.10 Å². The number of piperidine rings is 1. The number of aliphatic hydroxyl groups excluding tert-OH is 1. The average molecular weight is 399 g/mol. The minimum absolute atomic E-state index is 0.00605. The molecular formula is C21H26N4O2S. The van der Waals surface area contributed by atoms with Gasteiger partial charge in [0.1, 0.15) is 0 Å². The van der Waals surface area contributed by atoms with Crippen LogP contribution in [0.15, 0.2) is 18.3 Å². The second-order valence-electron chi connectivity index (χ2n) is 7.83. The summed E-state index contributed by atoms with van der Waals surface area (Å²) >= 11 is 1.74. The molecule has 0 aromatic carbocycles. The fraction of sp³-hybridized carbons (Fsp3) is 0.476. The van der Waals surface area contributed by atoms with Crippen LogP contribution in [0.25, 0.3) is 22.3 Å². The summed E-state index contributed by atoms with van der Waals surface area (Å²) in [5.41, 5.74) is 3.28. The van der Waals surface area contributed by atoms with Crippen LogP contribution in [-0.2, 0) is 0 Å². The van der Waals surface area contributed by atoms with Crippen molar-refractivity contribution in [1.82, 2.24) is 19.7 Å². The van der Waals surface area contributed by atoms with Gasteiger partial charge >= 0.3 is 0 Å². The molecule has 0 aliphatic carbocycles. The maximum atomic E-state index is 13.4. The molecule has 148 valence electrons. The first-order chi connectivity index (χ1) is 13.3. The van der Waals surface area contributed by atoms with Crippen LogP contribution in [0.3, 0.4) is 0 Å². The monoisotopic (exact) mass is 398 g/mol. The van der Waals surface area contributed by atoms with Crippen molar-refractivity contribution in [3.05, 3.63) is 33.6 Å². The Morgan fingerprint density at radius 1 is 1.25 bits per heavy atom. The van der Waals surface area contributed by atoms with Crippen molar-refractivity contribution in [2.75, 3.05) is 13.1 Å². The van der Waals surface area contributed by atoms with Crippen LogP contribution in [0.1, 0.15) is 52.8 Å². The number of hydrogen-bond acceptors (Lipinski definition) is 5. The number of aryl methyl sites for hydroxylation is 2. The predicted octanol–water partition coefficient (Wildman–Crippen LogP) is 3.95. The first-order valence-electron chi connectivity index (χ1n) is 9.78. The molecule has 1 amide bonds. The standard InChI is InChI=1S/C21H26N4O2S/c1-12(2)25-20-18(11-22-25)17(21(27)24-7-5-15(26)6-8-24)10-19(23-20)16-9-13(3)28-14(16)4/h9-12,15,26H,5-8H2,1-4H3. The van der Waals surface area contributed by atoms with Crippen molar-refractivity contribution in [2.45, 2.75) is 52.7 Å². The molecule has 4 rings (SSSR count). The number of fused-ring (bicyclic) bond motifs is 1. The molecule has 1 aliphatic heterocycles. The summed E-state index contributed by atoms with van der Waals surface area (Å²) in [6.07, 6.45) is 2.70. The number of nitrogens with zero attached hydrogens (tertiary/aromatic N) is 4. The largest absolute Gasteiger partial charge is 0.393 e. The fourth-order valence-electron chi connectivity index (χ4n) is 3.84. The number of carbonyl (C=O) groups excluding carboxylic acids is 1. The van der Waals surface area contributed by atoms with E-state index in [1.165, 1.54) is 9.75 Å². The lowest BCUT2D eigenvalue weighted by Gasteiger charge is -2.29. The smallest absolute Gasteiger partial charge is 0.254 e. The summed E-state index contributed by atoms with van der Waals surface area (Å²) in [6, 6.07) is 4.20. The molecule has 7 heteroatoms. The van der Waals surface area contributed by atoms with Crippen LogP contribution in [0, 0.1) is 13.8 Å². The molecule has 1 aliphatic rings. The zero-order valence-corrected chi connectivity index (χ0v) is 17.6. The Balaban J connectivity index is 1.87. The van der Waals surface area contributed by atoms with Gasteiger partial charge in [-0.15, -0.1) is 11.3 Å². The summed E-state index contributed by atoms with van der Waals surface area (Å²) in [4.78, 5) is 22.5. The normalized spacial score (nSPS) is 15.7. The van der Waals surface area contributed by atoms with Crippen LogP contribution >= 0.6 is 11.3 Å². The van der Waals surface area contributed by atoms with E-state index in [0.29, 0.717) is 31.5 Å². The van der Waals surface area contributed by atoms with Gasteiger partial charge in [0.2, 0.25) is 0 Å². The molecule has 3 aromatic heterocycles. The first kappa shape index (κ1) is 19.1. The second-order valence-corrected chi connectivity index (χ2v) is 9.29. The number of rotatable bonds is 3. The molecule has 1 N–H and O–H groups in total. The van der Waals surface area contributed by atoms with Gasteiger partial charge < -0.3 is 10.0 Å². The molecule has 0 radical (unpaired) electrons. The van der Waals surface area contributed by atoms with E-state index >= 15 is 0 Å². The number of aliphatic hydroxyl groups is 1. The third kappa shape index (κ3) is 3.33. The minimum atomic E-state index is -0.308. The van der Waals surface area contributed by atoms with Crippen molar-refractivity contribution < 1.29 is 9.90 Å². The van der Waals surface area contributed by atoms with E-state index in [2.05, 4.69) is 38.9 Å². The number of thiophene rings is 1. The van der Waals surface area contributed by atoms with Crippen molar-refractivity contribution >= 4 is 28.3 Å². The molecule has 3 aromatic rings. The van der Waals surface area contributed by atoms with Crippen molar-refractivity contribution in [3.8, 4) is 11.3 Å². The lowest BCUT2D eigenvalue weighted by atomic mass is 10.0. The lowest BCUT2D eigenvalue weighted by Crippen LogP contribution is -2.40. The van der Waals surface area contributed by atoms with Gasteiger partial charge in [0.05, 0.1) is 28.9 Å². The van der Waals surface area contributed by atoms with Gasteiger partial charge in [-0.25, -0.2) is 9.67 Å². The molecule has 0 spiro atoms. The lowest BCUT2D eigenvalue weighted by molar-refractivity contribution is 0.0548. The van der Waals surface area contributed by atoms with Crippen LogP contribution < -0.4 is 0 Å².